The molecule has 104 valence electrons. The van der Waals surface area contributed by atoms with Crippen LogP contribution < -0.4 is 5.32 Å². The zero-order chi connectivity index (χ0) is 13.9. The number of hydrogen-bond acceptors (Lipinski definition) is 3. The second-order valence-corrected chi connectivity index (χ2v) is 6.43. The van der Waals surface area contributed by atoms with Crippen LogP contribution in [-0.2, 0) is 0 Å². The SMILES string of the molecule is CC(C)(C)[C@@H]1CCCC[C@@H]1NC(=O)c1cnccn1. The molecule has 19 heavy (non-hydrogen) atoms. The van der Waals surface area contributed by atoms with Crippen LogP contribution in [0.5, 0.6) is 0 Å². The summed E-state index contributed by atoms with van der Waals surface area (Å²) < 4.78 is 0. The third-order valence-corrected chi connectivity index (χ3v) is 3.99. The Morgan fingerprint density at radius 1 is 1.26 bits per heavy atom. The van der Waals surface area contributed by atoms with E-state index in [1.54, 1.807) is 12.4 Å². The lowest BCUT2D eigenvalue weighted by molar-refractivity contribution is 0.0825. The summed E-state index contributed by atoms with van der Waals surface area (Å²) in [5.74, 6) is 0.427. The Morgan fingerprint density at radius 3 is 2.63 bits per heavy atom. The Bertz CT molecular complexity index is 425. The highest BCUT2D eigenvalue weighted by Gasteiger charge is 2.35. The highest BCUT2D eigenvalue weighted by atomic mass is 16.1. The van der Waals surface area contributed by atoms with E-state index in [1.165, 1.54) is 25.5 Å². The molecule has 0 saturated heterocycles. The molecule has 1 aromatic heterocycles. The quantitative estimate of drug-likeness (QED) is 0.890. The maximum absolute atomic E-state index is 12.2. The number of rotatable bonds is 2. The van der Waals surface area contributed by atoms with Crippen LogP contribution in [0.25, 0.3) is 0 Å². The molecule has 1 aliphatic rings. The average molecular weight is 261 g/mol. The number of nitrogens with zero attached hydrogens (tertiary/aromatic N) is 2. The first-order valence-electron chi connectivity index (χ1n) is 7.05. The van der Waals surface area contributed by atoms with Crippen LogP contribution in [-0.4, -0.2) is 21.9 Å². The van der Waals surface area contributed by atoms with Crippen molar-refractivity contribution >= 4 is 5.91 Å². The van der Waals surface area contributed by atoms with E-state index in [2.05, 4.69) is 36.1 Å². The van der Waals surface area contributed by atoms with Crippen molar-refractivity contribution in [1.82, 2.24) is 15.3 Å². The van der Waals surface area contributed by atoms with Crippen LogP contribution in [0.2, 0.25) is 0 Å². The van der Waals surface area contributed by atoms with Gasteiger partial charge in [-0.05, 0) is 24.2 Å². The molecule has 1 heterocycles. The van der Waals surface area contributed by atoms with E-state index >= 15 is 0 Å². The van der Waals surface area contributed by atoms with E-state index in [1.807, 2.05) is 0 Å². The second kappa shape index (κ2) is 5.68. The van der Waals surface area contributed by atoms with Crippen molar-refractivity contribution in [3.05, 3.63) is 24.3 Å². The van der Waals surface area contributed by atoms with Crippen molar-refractivity contribution in [2.24, 2.45) is 11.3 Å². The van der Waals surface area contributed by atoms with E-state index in [9.17, 15) is 4.79 Å². The highest BCUT2D eigenvalue weighted by Crippen LogP contribution is 2.38. The minimum atomic E-state index is -0.103. The van der Waals surface area contributed by atoms with Crippen molar-refractivity contribution in [2.75, 3.05) is 0 Å². The fourth-order valence-electron chi connectivity index (χ4n) is 3.00. The predicted molar refractivity (Wildman–Crippen MR) is 74.7 cm³/mol. The van der Waals surface area contributed by atoms with Gasteiger partial charge in [0, 0.05) is 18.4 Å². The molecule has 0 unspecified atom stereocenters. The van der Waals surface area contributed by atoms with Crippen LogP contribution in [0.1, 0.15) is 56.9 Å². The summed E-state index contributed by atoms with van der Waals surface area (Å²) in [4.78, 5) is 20.2. The molecule has 0 aliphatic heterocycles. The molecule has 1 aliphatic carbocycles. The standard InChI is InChI=1S/C15H23N3O/c1-15(2,3)11-6-4-5-7-12(11)18-14(19)13-10-16-8-9-17-13/h8-12H,4-7H2,1-3H3,(H,18,19)/t11-,12+/m1/s1. The van der Waals surface area contributed by atoms with Gasteiger partial charge in [-0.1, -0.05) is 33.6 Å². The predicted octanol–water partition coefficient (Wildman–Crippen LogP) is 2.81. The van der Waals surface area contributed by atoms with Gasteiger partial charge in [0.2, 0.25) is 0 Å². The minimum absolute atomic E-state index is 0.103. The molecule has 0 radical (unpaired) electrons. The summed E-state index contributed by atoms with van der Waals surface area (Å²) in [7, 11) is 0. The van der Waals surface area contributed by atoms with Gasteiger partial charge in [0.05, 0.1) is 6.20 Å². The molecule has 1 saturated carbocycles. The van der Waals surface area contributed by atoms with Gasteiger partial charge < -0.3 is 5.32 Å². The zero-order valence-electron chi connectivity index (χ0n) is 12.0. The average Bonchev–Trinajstić information content (AvgIpc) is 2.39. The Labute approximate surface area is 115 Å². The molecule has 4 heteroatoms. The minimum Gasteiger partial charge on any atom is -0.348 e. The van der Waals surface area contributed by atoms with Gasteiger partial charge in [0.25, 0.3) is 5.91 Å². The van der Waals surface area contributed by atoms with Crippen molar-refractivity contribution in [1.29, 1.82) is 0 Å². The Kier molecular flexibility index (Phi) is 4.17. The summed E-state index contributed by atoms with van der Waals surface area (Å²) >= 11 is 0. The molecular formula is C15H23N3O. The molecular weight excluding hydrogens is 238 g/mol. The van der Waals surface area contributed by atoms with E-state index in [4.69, 9.17) is 0 Å². The number of carbonyl (C=O) groups is 1. The van der Waals surface area contributed by atoms with Crippen LogP contribution in [0, 0.1) is 11.3 Å². The van der Waals surface area contributed by atoms with Crippen LogP contribution in [0.15, 0.2) is 18.6 Å². The number of amides is 1. The topological polar surface area (TPSA) is 54.9 Å². The molecule has 1 aromatic rings. The van der Waals surface area contributed by atoms with Crippen LogP contribution in [0.3, 0.4) is 0 Å². The summed E-state index contributed by atoms with van der Waals surface area (Å²) in [5, 5.41) is 3.15. The Balaban J connectivity index is 2.06. The van der Waals surface area contributed by atoms with E-state index in [-0.39, 0.29) is 17.4 Å². The fourth-order valence-corrected chi connectivity index (χ4v) is 3.00. The van der Waals surface area contributed by atoms with E-state index < -0.39 is 0 Å². The monoisotopic (exact) mass is 261 g/mol. The van der Waals surface area contributed by atoms with Gasteiger partial charge in [0.15, 0.2) is 0 Å². The normalized spacial score (nSPS) is 23.9. The lowest BCUT2D eigenvalue weighted by atomic mass is 9.69. The van der Waals surface area contributed by atoms with Gasteiger partial charge in [-0.15, -0.1) is 0 Å². The molecule has 2 rings (SSSR count). The van der Waals surface area contributed by atoms with Crippen molar-refractivity contribution < 1.29 is 4.79 Å². The van der Waals surface area contributed by atoms with E-state index in [0.29, 0.717) is 11.6 Å². The van der Waals surface area contributed by atoms with Gasteiger partial charge in [-0.3, -0.25) is 9.78 Å². The largest absolute Gasteiger partial charge is 0.348 e. The van der Waals surface area contributed by atoms with Gasteiger partial charge in [-0.25, -0.2) is 4.98 Å². The van der Waals surface area contributed by atoms with Crippen molar-refractivity contribution in [2.45, 2.75) is 52.5 Å². The van der Waals surface area contributed by atoms with Gasteiger partial charge >= 0.3 is 0 Å². The number of hydrogen-bond donors (Lipinski definition) is 1. The lowest BCUT2D eigenvalue weighted by Crippen LogP contribution is -2.46. The first-order chi connectivity index (χ1) is 8.98. The summed E-state index contributed by atoms with van der Waals surface area (Å²) in [6, 6.07) is 0.253. The molecule has 0 bridgehead atoms. The highest BCUT2D eigenvalue weighted by molar-refractivity contribution is 5.92. The third kappa shape index (κ3) is 3.52. The van der Waals surface area contributed by atoms with Crippen molar-refractivity contribution in [3.63, 3.8) is 0 Å². The Morgan fingerprint density at radius 2 is 2.00 bits per heavy atom. The number of aromatic nitrogens is 2. The lowest BCUT2D eigenvalue weighted by Gasteiger charge is -2.40. The van der Waals surface area contributed by atoms with Crippen LogP contribution >= 0.6 is 0 Å². The van der Waals surface area contributed by atoms with E-state index in [0.717, 1.165) is 6.42 Å². The Hall–Kier alpha value is -1.45. The molecule has 1 N–H and O–H groups in total. The maximum atomic E-state index is 12.2. The smallest absolute Gasteiger partial charge is 0.271 e. The summed E-state index contributed by atoms with van der Waals surface area (Å²) in [5.41, 5.74) is 0.626. The van der Waals surface area contributed by atoms with Gasteiger partial charge in [-0.2, -0.15) is 0 Å². The number of carbonyl (C=O) groups excluding carboxylic acids is 1. The molecule has 0 spiro atoms. The second-order valence-electron chi connectivity index (χ2n) is 6.43. The first kappa shape index (κ1) is 14.0. The third-order valence-electron chi connectivity index (χ3n) is 3.99. The number of nitrogens with one attached hydrogen (secondary N) is 1. The van der Waals surface area contributed by atoms with Crippen molar-refractivity contribution in [3.8, 4) is 0 Å². The first-order valence-corrected chi connectivity index (χ1v) is 7.05. The molecule has 4 nitrogen and oxygen atoms in total. The van der Waals surface area contributed by atoms with Gasteiger partial charge in [0.1, 0.15) is 5.69 Å². The maximum Gasteiger partial charge on any atom is 0.271 e. The molecule has 2 atom stereocenters. The molecule has 1 amide bonds. The molecule has 1 fully saturated rings. The molecule has 0 aromatic carbocycles. The zero-order valence-corrected chi connectivity index (χ0v) is 12.0. The summed E-state index contributed by atoms with van der Waals surface area (Å²) in [6.07, 6.45) is 9.36. The fraction of sp³-hybridized carbons (Fsp3) is 0.667. The van der Waals surface area contributed by atoms with Crippen LogP contribution in [0.4, 0.5) is 0 Å². The summed E-state index contributed by atoms with van der Waals surface area (Å²) in [6.45, 7) is 6.76.